The van der Waals surface area contributed by atoms with Crippen LogP contribution in [0.5, 0.6) is 0 Å². The number of benzene rings is 5. The summed E-state index contributed by atoms with van der Waals surface area (Å²) in [5.41, 5.74) is -6.05. The first-order chi connectivity index (χ1) is 36.3. The monoisotopic (exact) mass is 926 g/mol. The van der Waals surface area contributed by atoms with Crippen LogP contribution in [0.2, 0.25) is 0 Å². The van der Waals surface area contributed by atoms with Crippen molar-refractivity contribution in [2.45, 2.75) is 13.8 Å². The molecule has 0 aliphatic carbocycles. The third-order valence-corrected chi connectivity index (χ3v) is 13.6. The second kappa shape index (κ2) is 21.3. The molecule has 0 fully saturated rings. The molecule has 0 saturated heterocycles. The zero-order valence-corrected chi connectivity index (χ0v) is 41.9. The molecule has 78 heavy (non-hydrogen) atoms. The van der Waals surface area contributed by atoms with Crippen molar-refractivity contribution in [3.63, 3.8) is 0 Å². The van der Waals surface area contributed by atoms with Gasteiger partial charge in [0.05, 0.1) is 0 Å². The van der Waals surface area contributed by atoms with Crippen molar-refractivity contribution in [1.29, 1.82) is 0 Å². The van der Waals surface area contributed by atoms with Crippen LogP contribution < -0.4 is 109 Å². The molecule has 0 aliphatic rings. The zero-order chi connectivity index (χ0) is 58.2. The Morgan fingerprint density at radius 1 is 0.372 bits per heavy atom. The van der Waals surface area contributed by atoms with Crippen LogP contribution in [0.15, 0.2) is 31.9 Å². The van der Waals surface area contributed by atoms with Gasteiger partial charge in [0.2, 0.25) is 0 Å². The summed E-state index contributed by atoms with van der Waals surface area (Å²) in [5, 5.41) is -0.439. The second-order valence-corrected chi connectivity index (χ2v) is 18.2. The van der Waals surface area contributed by atoms with E-state index in [4.69, 9.17) is 238 Å². The first kappa shape index (κ1) is 59.4. The topological polar surface area (TPSA) is 56.7 Å². The molecule has 0 aliphatic heterocycles. The molecule has 0 amide bonds. The molecular weight excluding hydrogens is 915 g/mol. The molecule has 8 aromatic rings. The Hall–Kier alpha value is -4.77. The standard InChI is InChI=1S/C45H6B28N4O/c1-3(46)5(17(51)37(71)42(72)73)15(49)11-6-12(22(56)30(64)36(70)40(6)78-41(11)14(48)4(2)47)43-74-44(13-23(57)28(62)32(66)29(63)24(13)58)76-45(75-43)77-38-9(10-21(55)27(61)33(67)35(69)39(10)77)16(50)7(20(54)34(38)68)8-18(52)25(59)31(65)26(60)19(8)53/h1-2H3/b5-3+,14-4-,37-17-. The third-order valence-electron chi connectivity index (χ3n) is 13.6. The molecular formula is C45H6B28N4O. The second-order valence-electron chi connectivity index (χ2n) is 18.2. The molecule has 5 aromatic carbocycles. The van der Waals surface area contributed by atoms with E-state index in [9.17, 15) is 0 Å². The predicted molar refractivity (Wildman–Crippen MR) is 355 cm³/mol. The van der Waals surface area contributed by atoms with E-state index in [-0.39, 0.29) is 225 Å². The van der Waals surface area contributed by atoms with Crippen LogP contribution in [0.3, 0.4) is 0 Å². The number of furan rings is 1. The van der Waals surface area contributed by atoms with E-state index < -0.39 is 11.8 Å². The van der Waals surface area contributed by atoms with Gasteiger partial charge in [0.1, 0.15) is 47.1 Å². The van der Waals surface area contributed by atoms with Gasteiger partial charge in [0.15, 0.2) is 0 Å². The summed E-state index contributed by atoms with van der Waals surface area (Å²) in [4.78, 5) is 14.8. The van der Waals surface area contributed by atoms with Gasteiger partial charge >= 0.3 is 414 Å². The number of rotatable bonds is 9. The molecule has 5 nitrogen and oxygen atoms in total. The van der Waals surface area contributed by atoms with E-state index in [1.165, 1.54) is 18.4 Å². The Balaban J connectivity index is 1.68. The number of aromatic nitrogens is 4. The van der Waals surface area contributed by atoms with Gasteiger partial charge in [-0.05, 0) is 5.56 Å². The fourth-order valence-corrected chi connectivity index (χ4v) is 9.30. The molecule has 8 rings (SSSR count). The number of fused-ring (bicyclic) bond motifs is 4. The number of hydrogen-bond acceptors (Lipinski definition) is 4. The number of allylic oxidation sites excluding steroid dienone is 5. The van der Waals surface area contributed by atoms with Crippen LogP contribution >= 0.6 is 0 Å². The summed E-state index contributed by atoms with van der Waals surface area (Å²) in [6.07, 6.45) is 0. The molecule has 0 atom stereocenters. The van der Waals surface area contributed by atoms with Crippen molar-refractivity contribution in [1.82, 2.24) is 19.5 Å². The van der Waals surface area contributed by atoms with Crippen molar-refractivity contribution in [3.8, 4) is 39.9 Å². The van der Waals surface area contributed by atoms with Gasteiger partial charge in [-0.2, -0.15) is 0 Å². The Labute approximate surface area is 490 Å². The molecule has 296 valence electrons. The summed E-state index contributed by atoms with van der Waals surface area (Å²) in [6, 6.07) is 0. The summed E-state index contributed by atoms with van der Waals surface area (Å²) < 4.78 is 7.74. The van der Waals surface area contributed by atoms with Crippen LogP contribution in [-0.4, -0.2) is 249 Å². The SMILES string of the molecule is [B]C(=[B])/C([B])=C([B])\C(C(=[B])c1c(/C([B])=C(/[B])C)oc2c([B])c([B])c([B])c(-c3nc(-c4c([B])c([B])c([B])c([B])c4[B])nc(-n4c5c([B])c([B])c([B])c([B])c5c5c([B])c(-c6c([B])c([B])c([B])c([B])c6[B])c([B])c([B])c54)n3)c12)=C(\[B])C. The molecule has 0 spiro atoms. The van der Waals surface area contributed by atoms with Crippen molar-refractivity contribution in [2.24, 2.45) is 0 Å². The molecule has 3 heterocycles. The van der Waals surface area contributed by atoms with Crippen LogP contribution in [0.1, 0.15) is 25.2 Å². The molecule has 0 N–H and O–H groups in total. The maximum atomic E-state index is 7.19. The van der Waals surface area contributed by atoms with Gasteiger partial charge in [0, 0.05) is 0 Å². The van der Waals surface area contributed by atoms with Gasteiger partial charge in [-0.25, -0.2) is 0 Å². The van der Waals surface area contributed by atoms with Gasteiger partial charge in [-0.1, -0.05) is 10.9 Å². The number of hydrogen-bond donors (Lipinski definition) is 0. The quantitative estimate of drug-likeness (QED) is 0.107. The van der Waals surface area contributed by atoms with Crippen molar-refractivity contribution < 1.29 is 4.42 Å². The van der Waals surface area contributed by atoms with Gasteiger partial charge < -0.3 is 0 Å². The molecule has 33 heteroatoms. The minimum absolute atomic E-state index is 0.00944. The first-order valence-corrected chi connectivity index (χ1v) is 22.5. The predicted octanol–water partition coefficient (Wildman–Crippen LogP) is -17.2. The van der Waals surface area contributed by atoms with E-state index in [1.807, 2.05) is 0 Å². The minimum atomic E-state index is -0.425. The van der Waals surface area contributed by atoms with Crippen LogP contribution in [-0.2, 0) is 0 Å². The van der Waals surface area contributed by atoms with E-state index in [0.29, 0.717) is 0 Å². The summed E-state index contributed by atoms with van der Waals surface area (Å²) in [7, 11) is 185. The summed E-state index contributed by atoms with van der Waals surface area (Å²) in [6.45, 7) is 2.93. The van der Waals surface area contributed by atoms with Gasteiger partial charge in [0.25, 0.3) is 0 Å². The average molecular weight is 921 g/mol. The van der Waals surface area contributed by atoms with Crippen LogP contribution in [0, 0.1) is 0 Å². The van der Waals surface area contributed by atoms with Crippen molar-refractivity contribution in [3.05, 3.63) is 38.8 Å². The average Bonchev–Trinajstić information content (AvgIpc) is 4.20. The Morgan fingerprint density at radius 2 is 0.744 bits per heavy atom. The normalized spacial score (nSPS) is 12.7. The van der Waals surface area contributed by atoms with E-state index in [2.05, 4.69) is 0 Å². The van der Waals surface area contributed by atoms with Crippen molar-refractivity contribution >= 4 is 377 Å². The van der Waals surface area contributed by atoms with Gasteiger partial charge in [-0.3, -0.25) is 0 Å². The summed E-state index contributed by atoms with van der Waals surface area (Å²) in [5.74, 6) is -1.42. The molecule has 0 unspecified atom stereocenters. The zero-order valence-electron chi connectivity index (χ0n) is 41.9. The first-order valence-electron chi connectivity index (χ1n) is 22.5. The van der Waals surface area contributed by atoms with Crippen molar-refractivity contribution in [2.75, 3.05) is 0 Å². The maximum absolute atomic E-state index is 7.19. The van der Waals surface area contributed by atoms with E-state index in [1.54, 1.807) is 0 Å². The van der Waals surface area contributed by atoms with E-state index >= 15 is 0 Å². The van der Waals surface area contributed by atoms with Gasteiger partial charge in [-0.15, -0.1) is 16.4 Å². The van der Waals surface area contributed by atoms with Crippen LogP contribution in [0.4, 0.5) is 0 Å². The Morgan fingerprint density at radius 3 is 1.22 bits per heavy atom. The summed E-state index contributed by atoms with van der Waals surface area (Å²) >= 11 is 0. The molecule has 0 bridgehead atoms. The fraction of sp³-hybridized carbons (Fsp3) is 0.0444. The molecule has 0 saturated carbocycles. The van der Waals surface area contributed by atoms with E-state index in [0.717, 1.165) is 0 Å². The molecule has 3 aromatic heterocycles. The Kier molecular flexibility index (Phi) is 16.2. The molecule has 54 radical (unpaired) electrons. The number of nitrogens with zero attached hydrogens (tertiary/aromatic N) is 4. The Bertz CT molecular complexity index is 4160. The van der Waals surface area contributed by atoms with Crippen LogP contribution in [0.25, 0.3) is 78.1 Å². The fourth-order valence-electron chi connectivity index (χ4n) is 9.30. The third kappa shape index (κ3) is 8.85.